The van der Waals surface area contributed by atoms with Crippen molar-refractivity contribution in [3.05, 3.63) is 35.3 Å². The van der Waals surface area contributed by atoms with Crippen molar-refractivity contribution in [1.82, 2.24) is 4.98 Å². The van der Waals surface area contributed by atoms with Gasteiger partial charge in [0, 0.05) is 23.0 Å². The summed E-state index contributed by atoms with van der Waals surface area (Å²) in [6, 6.07) is 4.44. The van der Waals surface area contributed by atoms with Gasteiger partial charge in [-0.15, -0.1) is 0 Å². The van der Waals surface area contributed by atoms with Crippen molar-refractivity contribution in [2.45, 2.75) is 13.3 Å². The first kappa shape index (κ1) is 10.2. The summed E-state index contributed by atoms with van der Waals surface area (Å²) < 4.78 is 13.0. The lowest BCUT2D eigenvalue weighted by molar-refractivity contribution is -0.111. The number of halogens is 2. The summed E-state index contributed by atoms with van der Waals surface area (Å²) >= 11 is 5.33. The van der Waals surface area contributed by atoms with Crippen LogP contribution in [0.1, 0.15) is 11.3 Å². The zero-order valence-corrected chi connectivity index (χ0v) is 8.86. The van der Waals surface area contributed by atoms with Gasteiger partial charge in [0.2, 0.25) is 5.24 Å². The summed E-state index contributed by atoms with van der Waals surface area (Å²) in [6.45, 7) is 1.84. The predicted molar refractivity (Wildman–Crippen MR) is 57.6 cm³/mol. The molecule has 1 heterocycles. The van der Waals surface area contributed by atoms with Crippen molar-refractivity contribution >= 4 is 27.7 Å². The molecule has 2 aromatic rings. The number of carbonyl (C=O) groups excluding carboxylic acids is 1. The number of rotatable bonds is 2. The molecule has 15 heavy (non-hydrogen) atoms. The van der Waals surface area contributed by atoms with E-state index in [1.165, 1.54) is 12.1 Å². The van der Waals surface area contributed by atoms with E-state index in [2.05, 4.69) is 4.98 Å². The van der Waals surface area contributed by atoms with Crippen LogP contribution in [0.5, 0.6) is 0 Å². The molecule has 0 amide bonds. The molecule has 0 unspecified atom stereocenters. The second kappa shape index (κ2) is 3.66. The van der Waals surface area contributed by atoms with Crippen LogP contribution in [0.2, 0.25) is 0 Å². The van der Waals surface area contributed by atoms with Crippen molar-refractivity contribution < 1.29 is 9.18 Å². The van der Waals surface area contributed by atoms with Gasteiger partial charge in [-0.25, -0.2) is 4.39 Å². The van der Waals surface area contributed by atoms with Crippen molar-refractivity contribution in [3.8, 4) is 0 Å². The Morgan fingerprint density at radius 3 is 2.93 bits per heavy atom. The molecule has 1 aromatic heterocycles. The topological polar surface area (TPSA) is 32.9 Å². The van der Waals surface area contributed by atoms with Crippen LogP contribution < -0.4 is 0 Å². The third kappa shape index (κ3) is 1.88. The van der Waals surface area contributed by atoms with E-state index in [9.17, 15) is 9.18 Å². The van der Waals surface area contributed by atoms with E-state index in [0.29, 0.717) is 0 Å². The Labute approximate surface area is 91.0 Å². The number of H-pyrrole nitrogens is 1. The summed E-state index contributed by atoms with van der Waals surface area (Å²) in [4.78, 5) is 13.9. The number of aryl methyl sites for hydroxylation is 1. The Bertz CT molecular complexity index is 533. The number of fused-ring (bicyclic) bond motifs is 1. The van der Waals surface area contributed by atoms with Crippen molar-refractivity contribution in [2.24, 2.45) is 0 Å². The monoisotopic (exact) mass is 225 g/mol. The molecule has 0 fully saturated rings. The second-order valence-corrected chi connectivity index (χ2v) is 3.87. The van der Waals surface area contributed by atoms with Crippen molar-refractivity contribution in [3.63, 3.8) is 0 Å². The highest BCUT2D eigenvalue weighted by molar-refractivity contribution is 6.63. The van der Waals surface area contributed by atoms with E-state index in [1.54, 1.807) is 6.07 Å². The van der Waals surface area contributed by atoms with E-state index < -0.39 is 5.24 Å². The van der Waals surface area contributed by atoms with Gasteiger partial charge in [0.05, 0.1) is 0 Å². The lowest BCUT2D eigenvalue weighted by atomic mass is 10.1. The van der Waals surface area contributed by atoms with E-state index in [4.69, 9.17) is 11.6 Å². The number of benzene rings is 1. The van der Waals surface area contributed by atoms with E-state index in [-0.39, 0.29) is 12.2 Å². The Hall–Kier alpha value is -1.35. The molecular weight excluding hydrogens is 217 g/mol. The van der Waals surface area contributed by atoms with Crippen LogP contribution in [0.3, 0.4) is 0 Å². The van der Waals surface area contributed by atoms with Gasteiger partial charge in [-0.1, -0.05) is 0 Å². The van der Waals surface area contributed by atoms with Crippen LogP contribution in [0, 0.1) is 12.7 Å². The standard InChI is InChI=1S/C11H9ClFNO/c1-6-8(5-11(12)15)9-4-7(13)2-3-10(9)14-6/h2-4,14H,5H2,1H3. The molecule has 2 rings (SSSR count). The molecule has 0 radical (unpaired) electrons. The van der Waals surface area contributed by atoms with E-state index in [0.717, 1.165) is 22.2 Å². The molecule has 0 saturated carbocycles. The van der Waals surface area contributed by atoms with E-state index >= 15 is 0 Å². The highest BCUT2D eigenvalue weighted by Crippen LogP contribution is 2.23. The Morgan fingerprint density at radius 1 is 1.53 bits per heavy atom. The molecule has 0 aliphatic rings. The molecule has 2 nitrogen and oxygen atoms in total. The molecule has 0 aliphatic carbocycles. The molecular formula is C11H9ClFNO. The second-order valence-electron chi connectivity index (χ2n) is 3.45. The molecule has 0 bridgehead atoms. The minimum atomic E-state index is -0.441. The molecule has 0 saturated heterocycles. The molecule has 0 atom stereocenters. The number of aromatic amines is 1. The molecule has 78 valence electrons. The molecule has 1 N–H and O–H groups in total. The van der Waals surface area contributed by atoms with Gasteiger partial charge in [-0.05, 0) is 42.3 Å². The van der Waals surface area contributed by atoms with Gasteiger partial charge in [-0.3, -0.25) is 4.79 Å². The Kier molecular flexibility index (Phi) is 2.49. The van der Waals surface area contributed by atoms with Gasteiger partial charge in [-0.2, -0.15) is 0 Å². The lowest BCUT2D eigenvalue weighted by Gasteiger charge is -1.96. The third-order valence-electron chi connectivity index (χ3n) is 2.40. The van der Waals surface area contributed by atoms with Gasteiger partial charge < -0.3 is 4.98 Å². The normalized spacial score (nSPS) is 10.9. The highest BCUT2D eigenvalue weighted by atomic mass is 35.5. The average molecular weight is 226 g/mol. The maximum atomic E-state index is 13.0. The van der Waals surface area contributed by atoms with Crippen molar-refractivity contribution in [1.29, 1.82) is 0 Å². The Morgan fingerprint density at radius 2 is 2.27 bits per heavy atom. The van der Waals surface area contributed by atoms with Gasteiger partial charge >= 0.3 is 0 Å². The summed E-state index contributed by atoms with van der Waals surface area (Å²) in [5.41, 5.74) is 2.44. The number of aromatic nitrogens is 1. The summed E-state index contributed by atoms with van der Waals surface area (Å²) in [7, 11) is 0. The fourth-order valence-corrected chi connectivity index (χ4v) is 1.86. The van der Waals surface area contributed by atoms with Gasteiger partial charge in [0.25, 0.3) is 0 Å². The average Bonchev–Trinajstić information content (AvgIpc) is 2.43. The predicted octanol–water partition coefficient (Wildman–Crippen LogP) is 2.92. The minimum absolute atomic E-state index is 0.122. The first-order valence-corrected chi connectivity index (χ1v) is 4.91. The smallest absolute Gasteiger partial charge is 0.226 e. The summed E-state index contributed by atoms with van der Waals surface area (Å²) in [5, 5.41) is 0.282. The van der Waals surface area contributed by atoms with Crippen LogP contribution in [0.25, 0.3) is 10.9 Å². The molecule has 4 heteroatoms. The largest absolute Gasteiger partial charge is 0.358 e. The first-order chi connectivity index (χ1) is 7.08. The van der Waals surface area contributed by atoms with Crippen LogP contribution in [0.15, 0.2) is 18.2 Å². The maximum Gasteiger partial charge on any atom is 0.226 e. The molecule has 0 spiro atoms. The third-order valence-corrected chi connectivity index (χ3v) is 2.53. The Balaban J connectivity index is 2.65. The first-order valence-electron chi connectivity index (χ1n) is 4.53. The summed E-state index contributed by atoms with van der Waals surface area (Å²) in [6.07, 6.45) is 0.122. The van der Waals surface area contributed by atoms with E-state index in [1.807, 2.05) is 6.92 Å². The summed E-state index contributed by atoms with van der Waals surface area (Å²) in [5.74, 6) is -0.315. The van der Waals surface area contributed by atoms with Crippen LogP contribution in [0.4, 0.5) is 4.39 Å². The van der Waals surface area contributed by atoms with Crippen LogP contribution in [-0.2, 0) is 11.2 Å². The minimum Gasteiger partial charge on any atom is -0.358 e. The fourth-order valence-electron chi connectivity index (χ4n) is 1.72. The quantitative estimate of drug-likeness (QED) is 0.784. The van der Waals surface area contributed by atoms with Gasteiger partial charge in [0.15, 0.2) is 0 Å². The number of hydrogen-bond donors (Lipinski definition) is 1. The number of hydrogen-bond acceptors (Lipinski definition) is 1. The van der Waals surface area contributed by atoms with Gasteiger partial charge in [0.1, 0.15) is 5.82 Å². The van der Waals surface area contributed by atoms with Crippen LogP contribution >= 0.6 is 11.6 Å². The number of carbonyl (C=O) groups is 1. The molecule has 1 aromatic carbocycles. The SMILES string of the molecule is Cc1[nH]c2ccc(F)cc2c1CC(=O)Cl. The van der Waals surface area contributed by atoms with Crippen LogP contribution in [-0.4, -0.2) is 10.2 Å². The fraction of sp³-hybridized carbons (Fsp3) is 0.182. The lowest BCUT2D eigenvalue weighted by Crippen LogP contribution is -1.94. The maximum absolute atomic E-state index is 13.0. The number of nitrogens with one attached hydrogen (secondary N) is 1. The van der Waals surface area contributed by atoms with Crippen molar-refractivity contribution in [2.75, 3.05) is 0 Å². The zero-order chi connectivity index (χ0) is 11.0. The molecule has 0 aliphatic heterocycles. The zero-order valence-electron chi connectivity index (χ0n) is 8.10. The highest BCUT2D eigenvalue weighted by Gasteiger charge is 2.11.